The first kappa shape index (κ1) is 17.4. The molecule has 1 aromatic carbocycles. The standard InChI is InChI=1S/C18H18F3N3O/c1-11(2)24(14-5-3-4-13(10-14)18(19,20)21)17(25)15-8-9-22-16(23-15)12-6-7-12/h3-5,8-12H,6-7H2,1-2H3. The lowest BCUT2D eigenvalue weighted by Crippen LogP contribution is -2.37. The second-order valence-electron chi connectivity index (χ2n) is 6.39. The highest BCUT2D eigenvalue weighted by molar-refractivity contribution is 6.05. The van der Waals surface area contributed by atoms with Crippen molar-refractivity contribution in [2.45, 2.75) is 44.8 Å². The van der Waals surface area contributed by atoms with E-state index in [-0.39, 0.29) is 23.3 Å². The Morgan fingerprint density at radius 1 is 1.24 bits per heavy atom. The van der Waals surface area contributed by atoms with Crippen molar-refractivity contribution in [1.82, 2.24) is 9.97 Å². The number of carbonyl (C=O) groups is 1. The number of hydrogen-bond donors (Lipinski definition) is 0. The molecule has 132 valence electrons. The van der Waals surface area contributed by atoms with E-state index in [0.717, 1.165) is 25.0 Å². The zero-order valence-corrected chi connectivity index (χ0v) is 13.9. The van der Waals surface area contributed by atoms with Gasteiger partial charge in [0, 0.05) is 23.8 Å². The summed E-state index contributed by atoms with van der Waals surface area (Å²) in [4.78, 5) is 22.7. The minimum atomic E-state index is -4.46. The second kappa shape index (κ2) is 6.46. The monoisotopic (exact) mass is 349 g/mol. The Morgan fingerprint density at radius 2 is 1.96 bits per heavy atom. The van der Waals surface area contributed by atoms with Gasteiger partial charge in [-0.15, -0.1) is 0 Å². The molecule has 0 atom stereocenters. The number of alkyl halides is 3. The predicted molar refractivity (Wildman–Crippen MR) is 87.4 cm³/mol. The molecule has 0 saturated heterocycles. The van der Waals surface area contributed by atoms with Crippen LogP contribution in [0.3, 0.4) is 0 Å². The summed E-state index contributed by atoms with van der Waals surface area (Å²) in [5, 5.41) is 0. The van der Waals surface area contributed by atoms with Crippen LogP contribution in [0.1, 0.15) is 54.5 Å². The Hall–Kier alpha value is -2.44. The summed E-state index contributed by atoms with van der Waals surface area (Å²) >= 11 is 0. The SMILES string of the molecule is CC(C)N(C(=O)c1ccnc(C2CC2)n1)c1cccc(C(F)(F)F)c1. The van der Waals surface area contributed by atoms with Crippen LogP contribution in [0.25, 0.3) is 0 Å². The number of aromatic nitrogens is 2. The van der Waals surface area contributed by atoms with Gasteiger partial charge in [0.25, 0.3) is 5.91 Å². The zero-order valence-electron chi connectivity index (χ0n) is 13.9. The molecule has 25 heavy (non-hydrogen) atoms. The number of carbonyl (C=O) groups excluding carboxylic acids is 1. The van der Waals surface area contributed by atoms with Crippen LogP contribution in [0.4, 0.5) is 18.9 Å². The molecular formula is C18H18F3N3O. The topological polar surface area (TPSA) is 46.1 Å². The molecular weight excluding hydrogens is 331 g/mol. The lowest BCUT2D eigenvalue weighted by atomic mass is 10.1. The maximum Gasteiger partial charge on any atom is 0.416 e. The summed E-state index contributed by atoms with van der Waals surface area (Å²) < 4.78 is 38.9. The van der Waals surface area contributed by atoms with Gasteiger partial charge in [-0.2, -0.15) is 13.2 Å². The maximum absolute atomic E-state index is 13.0. The molecule has 1 saturated carbocycles. The van der Waals surface area contributed by atoms with E-state index in [4.69, 9.17) is 0 Å². The van der Waals surface area contributed by atoms with Crippen molar-refractivity contribution in [3.8, 4) is 0 Å². The maximum atomic E-state index is 13.0. The van der Waals surface area contributed by atoms with Gasteiger partial charge < -0.3 is 4.90 Å². The molecule has 0 bridgehead atoms. The third-order valence-corrected chi connectivity index (χ3v) is 4.02. The van der Waals surface area contributed by atoms with Gasteiger partial charge in [0.2, 0.25) is 0 Å². The molecule has 0 N–H and O–H groups in total. The van der Waals surface area contributed by atoms with Gasteiger partial charge in [-0.25, -0.2) is 9.97 Å². The summed E-state index contributed by atoms with van der Waals surface area (Å²) in [6, 6.07) is 5.95. The Bertz CT molecular complexity index is 785. The van der Waals surface area contributed by atoms with E-state index in [1.54, 1.807) is 13.8 Å². The Kier molecular flexibility index (Phi) is 4.49. The van der Waals surface area contributed by atoms with E-state index in [1.165, 1.54) is 29.3 Å². The van der Waals surface area contributed by atoms with Crippen LogP contribution in [0.5, 0.6) is 0 Å². The molecule has 1 heterocycles. The van der Waals surface area contributed by atoms with Crippen molar-refractivity contribution in [2.75, 3.05) is 4.90 Å². The van der Waals surface area contributed by atoms with E-state index in [1.807, 2.05) is 0 Å². The molecule has 1 aliphatic rings. The third-order valence-electron chi connectivity index (χ3n) is 4.02. The van der Waals surface area contributed by atoms with E-state index in [0.29, 0.717) is 5.82 Å². The van der Waals surface area contributed by atoms with Gasteiger partial charge in [0.05, 0.1) is 5.56 Å². The quantitative estimate of drug-likeness (QED) is 0.820. The number of rotatable bonds is 4. The van der Waals surface area contributed by atoms with E-state index >= 15 is 0 Å². The van der Waals surface area contributed by atoms with Crippen LogP contribution in [-0.4, -0.2) is 21.9 Å². The number of halogens is 3. The molecule has 7 heteroatoms. The number of anilines is 1. The minimum absolute atomic E-state index is 0.196. The lowest BCUT2D eigenvalue weighted by Gasteiger charge is -2.27. The molecule has 4 nitrogen and oxygen atoms in total. The number of hydrogen-bond acceptors (Lipinski definition) is 3. The summed E-state index contributed by atoms with van der Waals surface area (Å²) in [6.45, 7) is 3.50. The molecule has 3 rings (SSSR count). The van der Waals surface area contributed by atoms with Gasteiger partial charge >= 0.3 is 6.18 Å². The Morgan fingerprint density at radius 3 is 2.56 bits per heavy atom. The van der Waals surface area contributed by atoms with Crippen LogP contribution in [-0.2, 0) is 6.18 Å². The summed E-state index contributed by atoms with van der Waals surface area (Å²) in [5.74, 6) is 0.478. The minimum Gasteiger partial charge on any atom is -0.305 e. The van der Waals surface area contributed by atoms with Crippen molar-refractivity contribution in [2.24, 2.45) is 0 Å². The van der Waals surface area contributed by atoms with Gasteiger partial charge in [0.15, 0.2) is 0 Å². The van der Waals surface area contributed by atoms with E-state index < -0.39 is 17.6 Å². The van der Waals surface area contributed by atoms with Crippen molar-refractivity contribution >= 4 is 11.6 Å². The average Bonchev–Trinajstić information content (AvgIpc) is 3.39. The van der Waals surface area contributed by atoms with Crippen LogP contribution in [0.15, 0.2) is 36.5 Å². The van der Waals surface area contributed by atoms with Crippen LogP contribution in [0, 0.1) is 0 Å². The molecule has 1 fully saturated rings. The van der Waals surface area contributed by atoms with Crippen molar-refractivity contribution in [1.29, 1.82) is 0 Å². The van der Waals surface area contributed by atoms with Crippen LogP contribution >= 0.6 is 0 Å². The molecule has 2 aromatic rings. The highest BCUT2D eigenvalue weighted by Crippen LogP contribution is 2.38. The molecule has 0 aliphatic heterocycles. The van der Waals surface area contributed by atoms with E-state index in [2.05, 4.69) is 9.97 Å². The van der Waals surface area contributed by atoms with Crippen molar-refractivity contribution < 1.29 is 18.0 Å². The fourth-order valence-corrected chi connectivity index (χ4v) is 2.64. The normalized spacial score (nSPS) is 14.6. The third kappa shape index (κ3) is 3.81. The Balaban J connectivity index is 1.96. The molecule has 0 radical (unpaired) electrons. The lowest BCUT2D eigenvalue weighted by molar-refractivity contribution is -0.137. The second-order valence-corrected chi connectivity index (χ2v) is 6.39. The highest BCUT2D eigenvalue weighted by atomic mass is 19.4. The Labute approximate surface area is 143 Å². The first-order valence-corrected chi connectivity index (χ1v) is 8.11. The summed E-state index contributed by atoms with van der Waals surface area (Å²) in [7, 11) is 0. The molecule has 1 aromatic heterocycles. The summed E-state index contributed by atoms with van der Waals surface area (Å²) in [5.41, 5.74) is -0.394. The largest absolute Gasteiger partial charge is 0.416 e. The number of nitrogens with zero attached hydrogens (tertiary/aromatic N) is 3. The average molecular weight is 349 g/mol. The fraction of sp³-hybridized carbons (Fsp3) is 0.389. The van der Waals surface area contributed by atoms with Gasteiger partial charge in [0.1, 0.15) is 11.5 Å². The summed E-state index contributed by atoms with van der Waals surface area (Å²) in [6.07, 6.45) is -0.938. The molecule has 1 aliphatic carbocycles. The van der Waals surface area contributed by atoms with Crippen LogP contribution < -0.4 is 4.90 Å². The number of amides is 1. The molecule has 1 amide bonds. The van der Waals surface area contributed by atoms with E-state index in [9.17, 15) is 18.0 Å². The molecule has 0 spiro atoms. The predicted octanol–water partition coefficient (Wildman–Crippen LogP) is 4.43. The van der Waals surface area contributed by atoms with Crippen molar-refractivity contribution in [3.63, 3.8) is 0 Å². The van der Waals surface area contributed by atoms with Gasteiger partial charge in [-0.1, -0.05) is 6.07 Å². The smallest absolute Gasteiger partial charge is 0.305 e. The highest BCUT2D eigenvalue weighted by Gasteiger charge is 2.32. The van der Waals surface area contributed by atoms with Gasteiger partial charge in [-0.3, -0.25) is 4.79 Å². The van der Waals surface area contributed by atoms with Crippen LogP contribution in [0.2, 0.25) is 0 Å². The fourth-order valence-electron chi connectivity index (χ4n) is 2.64. The first-order chi connectivity index (χ1) is 11.8. The first-order valence-electron chi connectivity index (χ1n) is 8.11. The zero-order chi connectivity index (χ0) is 18.2. The molecule has 0 unspecified atom stereocenters. The van der Waals surface area contributed by atoms with Crippen molar-refractivity contribution in [3.05, 3.63) is 53.6 Å². The van der Waals surface area contributed by atoms with Gasteiger partial charge in [-0.05, 0) is 51.0 Å². The number of benzene rings is 1.